The van der Waals surface area contributed by atoms with Crippen LogP contribution in [0.4, 0.5) is 13.2 Å². The maximum Gasteiger partial charge on any atom is 0.416 e. The molecule has 19 heteroatoms. The summed E-state index contributed by atoms with van der Waals surface area (Å²) >= 11 is 0. The normalized spacial score (nSPS) is 31.8. The number of carbonyl (C=O) groups is 7. The number of nitrogens with zero attached hydrogens (tertiary/aromatic N) is 1. The summed E-state index contributed by atoms with van der Waals surface area (Å²) in [7, 11) is 1.85. The van der Waals surface area contributed by atoms with Crippen molar-refractivity contribution in [2.24, 2.45) is 80.8 Å². The molecule has 6 N–H and O–H groups in total. The van der Waals surface area contributed by atoms with Gasteiger partial charge in [-0.2, -0.15) is 18.3 Å². The van der Waals surface area contributed by atoms with Crippen LogP contribution in [0.25, 0.3) is 0 Å². The van der Waals surface area contributed by atoms with Gasteiger partial charge in [-0.05, 0) is 235 Å². The van der Waals surface area contributed by atoms with Crippen LogP contribution in [0, 0.1) is 87.8 Å². The molecule has 7 saturated carbocycles. The molecule has 15 nitrogen and oxygen atoms in total. The molecule has 101 heavy (non-hydrogen) atoms. The van der Waals surface area contributed by atoms with E-state index in [-0.39, 0.29) is 81.3 Å². The molecule has 14 atom stereocenters. The molecule has 1 heterocycles. The Morgan fingerprint density at radius 1 is 0.762 bits per heavy atom. The number of nitrogens with one attached hydrogen (secondary N) is 3. The van der Waals surface area contributed by atoms with Crippen LogP contribution < -0.4 is 15.4 Å². The molecule has 4 aromatic rings. The maximum absolute atomic E-state index is 13.3. The zero-order valence-corrected chi connectivity index (χ0v) is 61.4. The van der Waals surface area contributed by atoms with Crippen molar-refractivity contribution in [3.63, 3.8) is 0 Å². The number of halogens is 3. The SMILES string of the molecule is CC(=O)[C@H]1CC[C@H]2[C@@H]3CCC4=CC(=O)CC[C@]4(C)[C@H]3CC[C@]12C.CC(C)[C@H]1CC[C@H](C(=O)N[C@H](Cc2ccccc2)C(=O)O)CC1.CNCCC(Oc1ccc(C(F)(F)F)cc1)c1ccccc1.C[C@]12C=CC(=O)C=C1CC[C@@H]1[C@@H]2C(=O)C[C@@]2(C)[C@H]1CC[C@]2(O)C(=O)CO.Cc1cn[nH]c1.[Co]. The smallest absolute Gasteiger partial charge is 0.416 e. The largest absolute Gasteiger partial charge is 0.486 e. The average Bonchev–Trinajstić information content (AvgIpc) is 1.63. The molecule has 1 aromatic heterocycles. The molecule has 0 aliphatic heterocycles. The van der Waals surface area contributed by atoms with Crippen LogP contribution in [0.3, 0.4) is 0 Å². The van der Waals surface area contributed by atoms with E-state index in [2.05, 4.69) is 48.5 Å². The fraction of sp³-hybridized carbons (Fsp3) is 0.585. The van der Waals surface area contributed by atoms with Gasteiger partial charge in [-0.3, -0.25) is 33.9 Å². The third kappa shape index (κ3) is 17.8. The van der Waals surface area contributed by atoms with Gasteiger partial charge in [0.05, 0.1) is 11.8 Å². The number of carbonyl (C=O) groups excluding carboxylic acids is 6. The Morgan fingerprint density at radius 2 is 1.41 bits per heavy atom. The van der Waals surface area contributed by atoms with Gasteiger partial charge < -0.3 is 30.7 Å². The molecular formula is C82H107CoF3N4O11. The molecule has 9 aliphatic rings. The molecule has 3 aromatic carbocycles. The Balaban J connectivity index is 0.000000166. The van der Waals surface area contributed by atoms with E-state index in [0.29, 0.717) is 54.3 Å². The summed E-state index contributed by atoms with van der Waals surface area (Å²) in [6.45, 7) is 17.0. The second-order valence-corrected chi connectivity index (χ2v) is 31.4. The van der Waals surface area contributed by atoms with Crippen LogP contribution in [-0.4, -0.2) is 98.2 Å². The first-order valence-electron chi connectivity index (χ1n) is 36.5. The summed E-state index contributed by atoms with van der Waals surface area (Å²) < 4.78 is 43.6. The van der Waals surface area contributed by atoms with Crippen molar-refractivity contribution in [1.82, 2.24) is 20.8 Å². The number of rotatable bonds is 15. The summed E-state index contributed by atoms with van der Waals surface area (Å²) in [5, 5.41) is 42.0. The number of aryl methyl sites for hydroxylation is 1. The topological polar surface area (TPSA) is 242 Å². The first kappa shape index (κ1) is 80.0. The molecule has 9 aliphatic carbocycles. The monoisotopic (exact) mass is 1440 g/mol. The van der Waals surface area contributed by atoms with Crippen LogP contribution in [0.15, 0.2) is 133 Å². The number of aliphatic hydroxyl groups excluding tert-OH is 1. The molecule has 13 rings (SSSR count). The van der Waals surface area contributed by atoms with Crippen LogP contribution in [0.1, 0.15) is 192 Å². The maximum atomic E-state index is 13.3. The number of carboxylic acid groups (broad SMARTS) is 1. The number of ketones is 5. The molecule has 1 radical (unpaired) electrons. The number of benzene rings is 3. The zero-order chi connectivity index (χ0) is 72.5. The molecule has 0 bridgehead atoms. The minimum atomic E-state index is -4.33. The molecule has 1 amide bonds. The minimum absolute atomic E-state index is 0. The fourth-order valence-corrected chi connectivity index (χ4v) is 19.7. The van der Waals surface area contributed by atoms with E-state index in [1.807, 2.05) is 107 Å². The van der Waals surface area contributed by atoms with Crippen LogP contribution >= 0.6 is 0 Å². The van der Waals surface area contributed by atoms with Crippen molar-refractivity contribution in [3.05, 3.63) is 155 Å². The number of fused-ring (bicyclic) bond motifs is 10. The van der Waals surface area contributed by atoms with E-state index in [4.69, 9.17) is 4.74 Å². The van der Waals surface area contributed by atoms with Gasteiger partial charge in [-0.25, -0.2) is 4.79 Å². The van der Waals surface area contributed by atoms with Gasteiger partial charge in [-0.15, -0.1) is 0 Å². The van der Waals surface area contributed by atoms with Crippen molar-refractivity contribution in [2.75, 3.05) is 20.2 Å². The molecule has 0 spiro atoms. The van der Waals surface area contributed by atoms with Crippen LogP contribution in [0.5, 0.6) is 5.75 Å². The van der Waals surface area contributed by atoms with Crippen molar-refractivity contribution in [3.8, 4) is 5.75 Å². The number of aromatic nitrogens is 2. The Kier molecular flexibility index (Phi) is 26.8. The minimum Gasteiger partial charge on any atom is -0.486 e. The number of aliphatic hydroxyl groups is 2. The summed E-state index contributed by atoms with van der Waals surface area (Å²) in [5.74, 6) is 3.36. The number of H-pyrrole nitrogens is 1. The number of aliphatic carboxylic acids is 1. The Labute approximate surface area is 605 Å². The predicted octanol–water partition coefficient (Wildman–Crippen LogP) is 14.9. The van der Waals surface area contributed by atoms with Crippen molar-refractivity contribution in [1.29, 1.82) is 0 Å². The number of carboxylic acids is 1. The van der Waals surface area contributed by atoms with Crippen LogP contribution in [0.2, 0.25) is 0 Å². The fourth-order valence-electron chi connectivity index (χ4n) is 19.7. The Hall–Kier alpha value is -6.64. The Bertz CT molecular complexity index is 3610. The number of alkyl halides is 3. The number of amides is 1. The predicted molar refractivity (Wildman–Crippen MR) is 378 cm³/mol. The van der Waals surface area contributed by atoms with Gasteiger partial charge in [0.2, 0.25) is 5.91 Å². The number of hydrogen-bond donors (Lipinski definition) is 6. The molecule has 1 unspecified atom stereocenters. The van der Waals surface area contributed by atoms with Crippen molar-refractivity contribution < 1.29 is 83.6 Å². The van der Waals surface area contributed by atoms with E-state index < -0.39 is 52.6 Å². The first-order chi connectivity index (χ1) is 47.4. The standard InChI is InChI=1S/C21H26O5.C21H30O2.C19H27NO3.C17H18F3NO.C4H6N2.Co/c1-19-7-5-13(23)9-12(19)3-4-14-15-6-8-21(26,17(25)11-22)20(15,2)10-16(24)18(14)19;1-13(22)17-6-7-18-16-5-4-14-12-15(23)8-10-20(14,2)19(16)9-11-21(17,18)3;1-13(2)15-8-10-16(11-9-15)18(21)20-17(19(22)23)12-14-6-4-3-5-7-14;1-21-12-11-16(13-5-3-2-4-6-13)22-15-9-7-14(8-10-15)17(18,19)20;1-4-2-5-6-3-4;/h5,7,9,14-15,18,22,26H,3-4,6,8,10-11H2,1-2H3;12,16-19H,4-11H2,1-3H3;3-7,13,15-17H,8-12H2,1-2H3,(H,20,21)(H,22,23);2-10,16,21H,11-12H2,1H3;2-3H,1H3,(H,5,6);/t14-,15-,18+,19-,20-,21-;16-,17+,18-,19-,20-,21+;15-,16-,17-;;;/m001.../s1. The van der Waals surface area contributed by atoms with Gasteiger partial charge in [0.15, 0.2) is 17.3 Å². The summed E-state index contributed by atoms with van der Waals surface area (Å²) in [6.07, 6.45) is 22.8. The zero-order valence-electron chi connectivity index (χ0n) is 60.3. The molecule has 0 saturated heterocycles. The quantitative estimate of drug-likeness (QED) is 0.0650. The second kappa shape index (κ2) is 33.9. The van der Waals surface area contributed by atoms with Crippen LogP contribution in [-0.2, 0) is 62.9 Å². The number of allylic oxidation sites excluding steroid dienone is 5. The third-order valence-electron chi connectivity index (χ3n) is 25.4. The van der Waals surface area contributed by atoms with Gasteiger partial charge in [0.25, 0.3) is 0 Å². The van der Waals surface area contributed by atoms with Crippen molar-refractivity contribution >= 4 is 40.8 Å². The van der Waals surface area contributed by atoms with E-state index in [9.17, 15) is 62.1 Å². The summed E-state index contributed by atoms with van der Waals surface area (Å²) in [4.78, 5) is 85.3. The van der Waals surface area contributed by atoms with E-state index in [1.165, 1.54) is 49.0 Å². The van der Waals surface area contributed by atoms with Crippen molar-refractivity contribution in [2.45, 2.75) is 201 Å². The average molecular weight is 1440 g/mol. The molecule has 7 fully saturated rings. The number of aromatic amines is 1. The van der Waals surface area contributed by atoms with Gasteiger partial charge in [-0.1, -0.05) is 119 Å². The Morgan fingerprint density at radius 3 is 1.99 bits per heavy atom. The third-order valence-corrected chi connectivity index (χ3v) is 25.4. The van der Waals surface area contributed by atoms with Gasteiger partial charge in [0, 0.05) is 77.2 Å². The second-order valence-electron chi connectivity index (χ2n) is 31.4. The van der Waals surface area contributed by atoms with E-state index in [0.717, 1.165) is 124 Å². The number of ether oxygens (including phenoxy) is 1. The summed E-state index contributed by atoms with van der Waals surface area (Å²) in [5.41, 5.74) is 2.50. The molecular weight excluding hydrogens is 1330 g/mol. The first-order valence-corrected chi connectivity index (χ1v) is 36.5. The van der Waals surface area contributed by atoms with Gasteiger partial charge in [0.1, 0.15) is 41.7 Å². The van der Waals surface area contributed by atoms with Gasteiger partial charge >= 0.3 is 12.1 Å². The summed E-state index contributed by atoms with van der Waals surface area (Å²) in [6, 6.07) is 23.0. The van der Waals surface area contributed by atoms with E-state index in [1.54, 1.807) is 25.3 Å². The number of Topliss-reactive ketones (excluding diaryl/α,β-unsaturated/α-hetero) is 3. The van der Waals surface area contributed by atoms with E-state index >= 15 is 0 Å². The molecule has 551 valence electrons. The number of hydrogen-bond acceptors (Lipinski definition) is 12.